The standard InChI is InChI=1S/C17H20N2O/c1-10-4-3-5-13-15(10)12-8-9-19-14(20)7-6-11(2)17(19)16(12)18-13/h3-5,11,17-18H,6-9H2,1-2H3/t11-,17-/m1/s1. The highest BCUT2D eigenvalue weighted by Gasteiger charge is 2.39. The first-order chi connectivity index (χ1) is 9.66. The average Bonchev–Trinajstić information content (AvgIpc) is 2.82. The summed E-state index contributed by atoms with van der Waals surface area (Å²) in [6.07, 6.45) is 2.70. The van der Waals surface area contributed by atoms with Gasteiger partial charge in [-0.3, -0.25) is 4.79 Å². The third-order valence-electron chi connectivity index (χ3n) is 5.08. The maximum absolute atomic E-state index is 12.2. The van der Waals surface area contributed by atoms with E-state index in [1.54, 1.807) is 0 Å². The number of aryl methyl sites for hydroxylation is 1. The van der Waals surface area contributed by atoms with Gasteiger partial charge in [-0.1, -0.05) is 19.1 Å². The lowest BCUT2D eigenvalue weighted by Crippen LogP contribution is -2.45. The lowest BCUT2D eigenvalue weighted by Gasteiger charge is -2.42. The van der Waals surface area contributed by atoms with Crippen molar-refractivity contribution in [3.63, 3.8) is 0 Å². The van der Waals surface area contributed by atoms with Crippen molar-refractivity contribution < 1.29 is 4.79 Å². The van der Waals surface area contributed by atoms with E-state index in [1.165, 1.54) is 27.7 Å². The molecule has 2 aliphatic heterocycles. The molecule has 0 radical (unpaired) electrons. The zero-order valence-electron chi connectivity index (χ0n) is 12.1. The number of H-pyrrole nitrogens is 1. The first-order valence-corrected chi connectivity index (χ1v) is 7.56. The van der Waals surface area contributed by atoms with Crippen LogP contribution in [0, 0.1) is 12.8 Å². The highest BCUT2D eigenvalue weighted by Crippen LogP contribution is 2.43. The van der Waals surface area contributed by atoms with Crippen LogP contribution in [0.25, 0.3) is 10.9 Å². The van der Waals surface area contributed by atoms with Crippen LogP contribution in [0.1, 0.15) is 42.6 Å². The van der Waals surface area contributed by atoms with Gasteiger partial charge < -0.3 is 9.88 Å². The Bertz CT molecular complexity index is 700. The number of fused-ring (bicyclic) bond motifs is 5. The number of piperidine rings is 1. The van der Waals surface area contributed by atoms with Crippen molar-refractivity contribution in [1.82, 2.24) is 9.88 Å². The van der Waals surface area contributed by atoms with Gasteiger partial charge in [0.2, 0.25) is 5.91 Å². The Morgan fingerprint density at radius 3 is 3.00 bits per heavy atom. The third kappa shape index (κ3) is 1.49. The van der Waals surface area contributed by atoms with Crippen LogP contribution in [0.2, 0.25) is 0 Å². The first-order valence-electron chi connectivity index (χ1n) is 7.56. The Hall–Kier alpha value is -1.77. The van der Waals surface area contributed by atoms with Crippen LogP contribution in [0.15, 0.2) is 18.2 Å². The zero-order chi connectivity index (χ0) is 13.9. The van der Waals surface area contributed by atoms with Crippen LogP contribution in [0.4, 0.5) is 0 Å². The van der Waals surface area contributed by atoms with Gasteiger partial charge in [0.1, 0.15) is 0 Å². The SMILES string of the molecule is Cc1cccc2[nH]c3c(c12)CCN1C(=O)CC[C@@H](C)[C@H]31. The summed E-state index contributed by atoms with van der Waals surface area (Å²) in [5, 5.41) is 1.38. The van der Waals surface area contributed by atoms with E-state index < -0.39 is 0 Å². The van der Waals surface area contributed by atoms with E-state index in [9.17, 15) is 4.79 Å². The molecule has 0 spiro atoms. The van der Waals surface area contributed by atoms with E-state index >= 15 is 0 Å². The highest BCUT2D eigenvalue weighted by molar-refractivity contribution is 5.89. The number of hydrogen-bond acceptors (Lipinski definition) is 1. The number of nitrogens with one attached hydrogen (secondary N) is 1. The molecule has 4 rings (SSSR count). The Kier molecular flexibility index (Phi) is 2.47. The lowest BCUT2D eigenvalue weighted by molar-refractivity contribution is -0.139. The van der Waals surface area contributed by atoms with Crippen LogP contribution in [-0.4, -0.2) is 22.3 Å². The second-order valence-corrected chi connectivity index (χ2v) is 6.31. The summed E-state index contributed by atoms with van der Waals surface area (Å²) in [7, 11) is 0. The van der Waals surface area contributed by atoms with Gasteiger partial charge in [-0.05, 0) is 42.9 Å². The molecule has 0 unspecified atom stereocenters. The van der Waals surface area contributed by atoms with Crippen molar-refractivity contribution >= 4 is 16.8 Å². The zero-order valence-corrected chi connectivity index (χ0v) is 12.1. The average molecular weight is 268 g/mol. The summed E-state index contributed by atoms with van der Waals surface area (Å²) in [5.41, 5.74) is 5.30. The minimum Gasteiger partial charge on any atom is -0.356 e. The van der Waals surface area contributed by atoms with Crippen LogP contribution >= 0.6 is 0 Å². The largest absolute Gasteiger partial charge is 0.356 e. The van der Waals surface area contributed by atoms with E-state index in [0.29, 0.717) is 18.2 Å². The van der Waals surface area contributed by atoms with Crippen LogP contribution in [0.5, 0.6) is 0 Å². The fourth-order valence-corrected chi connectivity index (χ4v) is 4.09. The van der Waals surface area contributed by atoms with Gasteiger partial charge >= 0.3 is 0 Å². The number of carbonyl (C=O) groups excluding carboxylic acids is 1. The molecule has 2 aromatic rings. The van der Waals surface area contributed by atoms with Gasteiger partial charge in [-0.25, -0.2) is 0 Å². The Morgan fingerprint density at radius 2 is 2.15 bits per heavy atom. The lowest BCUT2D eigenvalue weighted by atomic mass is 9.83. The molecule has 3 heterocycles. The Balaban J connectivity index is 1.94. The van der Waals surface area contributed by atoms with E-state index in [0.717, 1.165) is 19.4 Å². The molecule has 0 saturated carbocycles. The number of rotatable bonds is 0. The third-order valence-corrected chi connectivity index (χ3v) is 5.08. The van der Waals surface area contributed by atoms with Crippen molar-refractivity contribution in [3.05, 3.63) is 35.0 Å². The fourth-order valence-electron chi connectivity index (χ4n) is 4.09. The quantitative estimate of drug-likeness (QED) is 0.781. The fraction of sp³-hybridized carbons (Fsp3) is 0.471. The van der Waals surface area contributed by atoms with Gasteiger partial charge in [-0.15, -0.1) is 0 Å². The molecule has 1 aromatic heterocycles. The summed E-state index contributed by atoms with van der Waals surface area (Å²) in [6.45, 7) is 5.33. The summed E-state index contributed by atoms with van der Waals surface area (Å²) < 4.78 is 0. The molecule has 1 amide bonds. The number of amides is 1. The molecule has 20 heavy (non-hydrogen) atoms. The second-order valence-electron chi connectivity index (χ2n) is 6.31. The number of aromatic nitrogens is 1. The van der Waals surface area contributed by atoms with Crippen LogP contribution in [0.3, 0.4) is 0 Å². The molecule has 3 nitrogen and oxygen atoms in total. The monoisotopic (exact) mass is 268 g/mol. The van der Waals surface area contributed by atoms with Crippen molar-refractivity contribution in [2.75, 3.05) is 6.54 Å². The van der Waals surface area contributed by atoms with Gasteiger partial charge in [0, 0.05) is 29.6 Å². The predicted octanol–water partition coefficient (Wildman–Crippen LogP) is 3.33. The topological polar surface area (TPSA) is 36.1 Å². The first kappa shape index (κ1) is 12.0. The van der Waals surface area contributed by atoms with Crippen molar-refractivity contribution in [1.29, 1.82) is 0 Å². The predicted molar refractivity (Wildman–Crippen MR) is 79.6 cm³/mol. The molecular formula is C17H20N2O. The molecule has 0 aliphatic carbocycles. The Morgan fingerprint density at radius 1 is 1.30 bits per heavy atom. The number of carbonyl (C=O) groups is 1. The van der Waals surface area contributed by atoms with Gasteiger partial charge in [0.05, 0.1) is 6.04 Å². The smallest absolute Gasteiger partial charge is 0.223 e. The molecule has 1 saturated heterocycles. The summed E-state index contributed by atoms with van der Waals surface area (Å²) >= 11 is 0. The number of hydrogen-bond donors (Lipinski definition) is 1. The van der Waals surface area contributed by atoms with Crippen molar-refractivity contribution in [2.24, 2.45) is 5.92 Å². The number of nitrogens with zero attached hydrogens (tertiary/aromatic N) is 1. The van der Waals surface area contributed by atoms with Crippen LogP contribution in [-0.2, 0) is 11.2 Å². The van der Waals surface area contributed by atoms with E-state index in [1.807, 2.05) is 0 Å². The number of benzene rings is 1. The minimum atomic E-state index is 0.256. The summed E-state index contributed by atoms with van der Waals surface area (Å²) in [5.74, 6) is 0.870. The van der Waals surface area contributed by atoms with Gasteiger partial charge in [-0.2, -0.15) is 0 Å². The van der Waals surface area contributed by atoms with Gasteiger partial charge in [0.15, 0.2) is 0 Å². The Labute approximate surface area is 119 Å². The van der Waals surface area contributed by atoms with E-state index in [-0.39, 0.29) is 6.04 Å². The molecule has 1 N–H and O–H groups in total. The molecule has 0 bridgehead atoms. The number of aromatic amines is 1. The molecule has 2 aliphatic rings. The minimum absolute atomic E-state index is 0.256. The molecule has 104 valence electrons. The maximum atomic E-state index is 12.2. The van der Waals surface area contributed by atoms with E-state index in [2.05, 4.69) is 41.9 Å². The molecular weight excluding hydrogens is 248 g/mol. The second kappa shape index (κ2) is 4.11. The van der Waals surface area contributed by atoms with Crippen LogP contribution < -0.4 is 0 Å². The van der Waals surface area contributed by atoms with Crippen molar-refractivity contribution in [3.8, 4) is 0 Å². The normalized spacial score (nSPS) is 25.7. The molecule has 1 aromatic carbocycles. The maximum Gasteiger partial charge on any atom is 0.223 e. The molecule has 3 heteroatoms. The molecule has 1 fully saturated rings. The van der Waals surface area contributed by atoms with Gasteiger partial charge in [0.25, 0.3) is 0 Å². The molecule has 2 atom stereocenters. The summed E-state index contributed by atoms with van der Waals surface area (Å²) in [6, 6.07) is 6.69. The van der Waals surface area contributed by atoms with E-state index in [4.69, 9.17) is 0 Å². The van der Waals surface area contributed by atoms with Crippen molar-refractivity contribution in [2.45, 2.75) is 39.2 Å². The summed E-state index contributed by atoms with van der Waals surface area (Å²) in [4.78, 5) is 17.9. The highest BCUT2D eigenvalue weighted by atomic mass is 16.2.